The molecular weight excluding hydrogens is 455 g/mol. The molecule has 0 saturated heterocycles. The lowest BCUT2D eigenvalue weighted by molar-refractivity contribution is -0.120. The SMILES string of the molecule is COc1cc(C(=O)NCC(=O)NCc2ccc(OCc3cccc(F)c3)cc2)cc(OC)c1OC. The lowest BCUT2D eigenvalue weighted by atomic mass is 10.1. The molecule has 0 spiro atoms. The molecule has 0 aliphatic heterocycles. The molecule has 0 heterocycles. The summed E-state index contributed by atoms with van der Waals surface area (Å²) in [6, 6.07) is 16.4. The van der Waals surface area contributed by atoms with Crippen LogP contribution >= 0.6 is 0 Å². The molecule has 2 amide bonds. The number of hydrogen-bond donors (Lipinski definition) is 2. The summed E-state index contributed by atoms with van der Waals surface area (Å²) in [6.07, 6.45) is 0. The minimum atomic E-state index is -0.459. The standard InChI is InChI=1S/C26H27FN2O6/c1-32-22-12-19(13-23(33-2)25(22)34-3)26(31)29-15-24(30)28-14-17-7-9-21(10-8-17)35-16-18-5-4-6-20(27)11-18/h4-13H,14-16H2,1-3H3,(H,28,30)(H,29,31). The van der Waals surface area contributed by atoms with E-state index >= 15 is 0 Å². The van der Waals surface area contributed by atoms with E-state index in [0.29, 0.717) is 23.0 Å². The highest BCUT2D eigenvalue weighted by molar-refractivity contribution is 5.97. The van der Waals surface area contributed by atoms with Crippen LogP contribution in [0.25, 0.3) is 0 Å². The molecule has 0 radical (unpaired) electrons. The van der Waals surface area contributed by atoms with Crippen molar-refractivity contribution >= 4 is 11.8 Å². The van der Waals surface area contributed by atoms with E-state index in [1.54, 1.807) is 24.3 Å². The van der Waals surface area contributed by atoms with Crippen molar-refractivity contribution in [2.75, 3.05) is 27.9 Å². The Morgan fingerprint density at radius 3 is 2.11 bits per heavy atom. The van der Waals surface area contributed by atoms with Crippen molar-refractivity contribution < 1.29 is 32.9 Å². The Hall–Kier alpha value is -4.27. The molecule has 0 unspecified atom stereocenters. The molecule has 0 aliphatic carbocycles. The molecule has 8 nitrogen and oxygen atoms in total. The van der Waals surface area contributed by atoms with Crippen LogP contribution in [-0.2, 0) is 17.9 Å². The predicted molar refractivity (Wildman–Crippen MR) is 127 cm³/mol. The molecular formula is C26H27FN2O6. The van der Waals surface area contributed by atoms with E-state index in [1.165, 1.54) is 45.6 Å². The molecule has 9 heteroatoms. The lowest BCUT2D eigenvalue weighted by Crippen LogP contribution is -2.36. The van der Waals surface area contributed by atoms with Crippen LogP contribution in [0.2, 0.25) is 0 Å². The Labute approximate surface area is 203 Å². The molecule has 0 fully saturated rings. The van der Waals surface area contributed by atoms with E-state index in [-0.39, 0.29) is 37.0 Å². The summed E-state index contributed by atoms with van der Waals surface area (Å²) >= 11 is 0. The Balaban J connectivity index is 1.46. The van der Waals surface area contributed by atoms with Gasteiger partial charge in [-0.2, -0.15) is 0 Å². The largest absolute Gasteiger partial charge is 0.493 e. The van der Waals surface area contributed by atoms with Crippen LogP contribution in [0.1, 0.15) is 21.5 Å². The summed E-state index contributed by atoms with van der Waals surface area (Å²) in [4.78, 5) is 24.7. The van der Waals surface area contributed by atoms with Crippen molar-refractivity contribution in [3.8, 4) is 23.0 Å². The molecule has 0 aromatic heterocycles. The average molecular weight is 483 g/mol. The maximum Gasteiger partial charge on any atom is 0.251 e. The van der Waals surface area contributed by atoms with E-state index in [2.05, 4.69) is 10.6 Å². The molecule has 184 valence electrons. The smallest absolute Gasteiger partial charge is 0.251 e. The minimum Gasteiger partial charge on any atom is -0.493 e. The number of halogens is 1. The lowest BCUT2D eigenvalue weighted by Gasteiger charge is -2.14. The third kappa shape index (κ3) is 7.10. The first kappa shape index (κ1) is 25.4. The fraction of sp³-hybridized carbons (Fsp3) is 0.231. The van der Waals surface area contributed by atoms with Gasteiger partial charge >= 0.3 is 0 Å². The van der Waals surface area contributed by atoms with Gasteiger partial charge < -0.3 is 29.6 Å². The first-order valence-electron chi connectivity index (χ1n) is 10.7. The molecule has 3 aromatic rings. The Morgan fingerprint density at radius 1 is 0.829 bits per heavy atom. The number of rotatable bonds is 11. The van der Waals surface area contributed by atoms with Crippen LogP contribution in [-0.4, -0.2) is 39.7 Å². The Bertz CT molecular complexity index is 1140. The minimum absolute atomic E-state index is 0.204. The molecule has 0 bridgehead atoms. The topological polar surface area (TPSA) is 95.1 Å². The van der Waals surface area contributed by atoms with Crippen molar-refractivity contribution in [2.24, 2.45) is 0 Å². The second kappa shape index (κ2) is 12.3. The average Bonchev–Trinajstić information content (AvgIpc) is 2.89. The third-order valence-corrected chi connectivity index (χ3v) is 5.04. The van der Waals surface area contributed by atoms with E-state index in [9.17, 15) is 14.0 Å². The summed E-state index contributed by atoms with van der Waals surface area (Å²) < 4.78 is 34.6. The number of carbonyl (C=O) groups is 2. The maximum absolute atomic E-state index is 13.2. The second-order valence-corrected chi connectivity index (χ2v) is 7.44. The van der Waals surface area contributed by atoms with E-state index in [4.69, 9.17) is 18.9 Å². The monoisotopic (exact) mass is 482 g/mol. The van der Waals surface area contributed by atoms with Gasteiger partial charge in [-0.3, -0.25) is 9.59 Å². The first-order valence-corrected chi connectivity index (χ1v) is 10.7. The first-order chi connectivity index (χ1) is 16.9. The number of carbonyl (C=O) groups excluding carboxylic acids is 2. The van der Waals surface area contributed by atoms with Crippen LogP contribution in [0.5, 0.6) is 23.0 Å². The highest BCUT2D eigenvalue weighted by Gasteiger charge is 2.17. The second-order valence-electron chi connectivity index (χ2n) is 7.44. The van der Waals surface area contributed by atoms with E-state index in [0.717, 1.165) is 11.1 Å². The van der Waals surface area contributed by atoms with Crippen LogP contribution < -0.4 is 29.6 Å². The number of methoxy groups -OCH3 is 3. The summed E-state index contributed by atoms with van der Waals surface area (Å²) in [5.74, 6) is 0.555. The van der Waals surface area contributed by atoms with Gasteiger partial charge in [0.1, 0.15) is 18.2 Å². The Morgan fingerprint density at radius 2 is 1.51 bits per heavy atom. The fourth-order valence-electron chi connectivity index (χ4n) is 3.23. The third-order valence-electron chi connectivity index (χ3n) is 5.04. The van der Waals surface area contributed by atoms with Crippen molar-refractivity contribution in [2.45, 2.75) is 13.2 Å². The number of benzene rings is 3. The van der Waals surface area contributed by atoms with Gasteiger partial charge in [-0.1, -0.05) is 24.3 Å². The molecule has 3 rings (SSSR count). The predicted octanol–water partition coefficient (Wildman–Crippen LogP) is 3.48. The zero-order valence-corrected chi connectivity index (χ0v) is 19.7. The quantitative estimate of drug-likeness (QED) is 0.435. The van der Waals surface area contributed by atoms with Gasteiger partial charge in [-0.25, -0.2) is 4.39 Å². The van der Waals surface area contributed by atoms with Crippen LogP contribution in [0.3, 0.4) is 0 Å². The van der Waals surface area contributed by atoms with E-state index < -0.39 is 5.91 Å². The van der Waals surface area contributed by atoms with Crippen LogP contribution in [0.15, 0.2) is 60.7 Å². The zero-order valence-electron chi connectivity index (χ0n) is 19.7. The van der Waals surface area contributed by atoms with E-state index in [1.807, 2.05) is 12.1 Å². The number of ether oxygens (including phenoxy) is 4. The molecule has 3 aromatic carbocycles. The summed E-state index contributed by atoms with van der Waals surface area (Å²) in [5, 5.41) is 5.32. The van der Waals surface area contributed by atoms with Crippen molar-refractivity contribution in [3.05, 3.63) is 83.2 Å². The summed E-state index contributed by atoms with van der Waals surface area (Å²) in [6.45, 7) is 0.326. The summed E-state index contributed by atoms with van der Waals surface area (Å²) in [7, 11) is 4.38. The van der Waals surface area contributed by atoms with Gasteiger partial charge in [0.15, 0.2) is 11.5 Å². The summed E-state index contributed by atoms with van der Waals surface area (Å²) in [5.41, 5.74) is 1.85. The van der Waals surface area contributed by atoms with Crippen LogP contribution in [0, 0.1) is 5.82 Å². The molecule has 0 atom stereocenters. The van der Waals surface area contributed by atoms with Crippen molar-refractivity contribution in [1.82, 2.24) is 10.6 Å². The number of amides is 2. The van der Waals surface area contributed by atoms with Gasteiger partial charge in [-0.15, -0.1) is 0 Å². The maximum atomic E-state index is 13.2. The van der Waals surface area contributed by atoms with Gasteiger partial charge in [0.25, 0.3) is 5.91 Å². The molecule has 0 saturated carbocycles. The fourth-order valence-corrected chi connectivity index (χ4v) is 3.23. The van der Waals surface area contributed by atoms with Crippen molar-refractivity contribution in [1.29, 1.82) is 0 Å². The van der Waals surface area contributed by atoms with Gasteiger partial charge in [0.2, 0.25) is 11.7 Å². The van der Waals surface area contributed by atoms with Crippen LogP contribution in [0.4, 0.5) is 4.39 Å². The highest BCUT2D eigenvalue weighted by Crippen LogP contribution is 2.38. The Kier molecular flexibility index (Phi) is 8.89. The zero-order chi connectivity index (χ0) is 25.2. The molecule has 0 aliphatic rings. The van der Waals surface area contributed by atoms with Crippen molar-refractivity contribution in [3.63, 3.8) is 0 Å². The highest BCUT2D eigenvalue weighted by atomic mass is 19.1. The number of nitrogens with one attached hydrogen (secondary N) is 2. The van der Waals surface area contributed by atoms with Gasteiger partial charge in [-0.05, 0) is 47.5 Å². The molecule has 35 heavy (non-hydrogen) atoms. The number of hydrogen-bond acceptors (Lipinski definition) is 6. The van der Waals surface area contributed by atoms with Gasteiger partial charge in [0.05, 0.1) is 27.9 Å². The molecule has 2 N–H and O–H groups in total. The van der Waals surface area contributed by atoms with Gasteiger partial charge in [0, 0.05) is 12.1 Å². The normalized spacial score (nSPS) is 10.3.